The highest BCUT2D eigenvalue weighted by Gasteiger charge is 2.22. The number of aromatic nitrogens is 2. The Labute approximate surface area is 177 Å². The summed E-state index contributed by atoms with van der Waals surface area (Å²) in [5.74, 6) is 0.991. The van der Waals surface area contributed by atoms with Crippen LogP contribution < -0.4 is 0 Å². The molecule has 0 saturated heterocycles. The summed E-state index contributed by atoms with van der Waals surface area (Å²) in [7, 11) is -3.54. The third-order valence-corrected chi connectivity index (χ3v) is 7.51. The predicted molar refractivity (Wildman–Crippen MR) is 114 cm³/mol. The zero-order valence-corrected chi connectivity index (χ0v) is 18.7. The molecule has 1 aromatic heterocycles. The van der Waals surface area contributed by atoms with Gasteiger partial charge in [-0.3, -0.25) is 0 Å². The summed E-state index contributed by atoms with van der Waals surface area (Å²) in [6.45, 7) is 4.47. The zero-order chi connectivity index (χ0) is 20.1. The van der Waals surface area contributed by atoms with Crippen molar-refractivity contribution in [1.82, 2.24) is 14.5 Å². The minimum absolute atomic E-state index is 0.218. The molecule has 2 aromatic carbocycles. The summed E-state index contributed by atoms with van der Waals surface area (Å²) >= 11 is 4.89. The van der Waals surface area contributed by atoms with Crippen LogP contribution in [0.1, 0.15) is 19.4 Å². The van der Waals surface area contributed by atoms with E-state index in [1.165, 1.54) is 16.1 Å². The number of halogens is 1. The van der Waals surface area contributed by atoms with Crippen LogP contribution in [0.4, 0.5) is 0 Å². The maximum Gasteiger partial charge on any atom is 0.277 e. The minimum Gasteiger partial charge on any atom is -0.411 e. The van der Waals surface area contributed by atoms with E-state index < -0.39 is 10.0 Å². The second kappa shape index (κ2) is 9.21. The van der Waals surface area contributed by atoms with E-state index in [9.17, 15) is 8.42 Å². The third-order valence-electron chi connectivity index (χ3n) is 4.08. The molecule has 0 aliphatic carbocycles. The molecule has 0 fully saturated rings. The van der Waals surface area contributed by atoms with Crippen molar-refractivity contribution in [3.63, 3.8) is 0 Å². The van der Waals surface area contributed by atoms with Crippen LogP contribution in [-0.4, -0.2) is 36.0 Å². The van der Waals surface area contributed by atoms with Crippen molar-refractivity contribution in [2.75, 3.05) is 13.1 Å². The minimum atomic E-state index is -3.54. The fourth-order valence-electron chi connectivity index (χ4n) is 2.66. The third kappa shape index (κ3) is 4.83. The molecule has 1 heterocycles. The van der Waals surface area contributed by atoms with Crippen molar-refractivity contribution in [2.24, 2.45) is 0 Å². The van der Waals surface area contributed by atoms with Crippen LogP contribution in [0.25, 0.3) is 11.5 Å². The molecular weight excluding hydrogens is 462 g/mol. The Morgan fingerprint density at radius 3 is 2.54 bits per heavy atom. The van der Waals surface area contributed by atoms with Crippen molar-refractivity contribution in [1.29, 1.82) is 0 Å². The summed E-state index contributed by atoms with van der Waals surface area (Å²) in [5, 5.41) is 8.57. The number of nitrogens with zero attached hydrogens (tertiary/aromatic N) is 3. The van der Waals surface area contributed by atoms with Crippen LogP contribution in [-0.2, 0) is 15.8 Å². The zero-order valence-electron chi connectivity index (χ0n) is 15.5. The molecule has 0 spiro atoms. The normalized spacial score (nSPS) is 11.9. The lowest BCUT2D eigenvalue weighted by atomic mass is 10.2. The Morgan fingerprint density at radius 2 is 1.82 bits per heavy atom. The average molecular weight is 482 g/mol. The number of rotatable bonds is 8. The maximum absolute atomic E-state index is 12.7. The molecule has 0 N–H and O–H groups in total. The first-order valence-corrected chi connectivity index (χ1v) is 12.0. The van der Waals surface area contributed by atoms with E-state index in [1.807, 2.05) is 38.1 Å². The van der Waals surface area contributed by atoms with Gasteiger partial charge in [-0.25, -0.2) is 8.42 Å². The van der Waals surface area contributed by atoms with E-state index in [-0.39, 0.29) is 4.90 Å². The Morgan fingerprint density at radius 1 is 1.07 bits per heavy atom. The molecule has 0 aliphatic heterocycles. The highest BCUT2D eigenvalue weighted by atomic mass is 79.9. The topological polar surface area (TPSA) is 76.3 Å². The molecule has 9 heteroatoms. The summed E-state index contributed by atoms with van der Waals surface area (Å²) < 4.78 is 33.6. The van der Waals surface area contributed by atoms with Crippen molar-refractivity contribution < 1.29 is 12.8 Å². The number of sulfonamides is 1. The molecule has 3 aromatic rings. The van der Waals surface area contributed by atoms with Crippen molar-refractivity contribution in [3.05, 3.63) is 58.6 Å². The van der Waals surface area contributed by atoms with Crippen molar-refractivity contribution in [3.8, 4) is 11.5 Å². The van der Waals surface area contributed by atoms with Gasteiger partial charge in [0.15, 0.2) is 0 Å². The van der Waals surface area contributed by atoms with Gasteiger partial charge in [0, 0.05) is 28.9 Å². The largest absolute Gasteiger partial charge is 0.411 e. The summed E-state index contributed by atoms with van der Waals surface area (Å²) in [5.41, 5.74) is 1.71. The smallest absolute Gasteiger partial charge is 0.277 e. The number of hydrogen-bond acceptors (Lipinski definition) is 6. The molecule has 0 bridgehead atoms. The highest BCUT2D eigenvalue weighted by Crippen LogP contribution is 2.28. The van der Waals surface area contributed by atoms with Gasteiger partial charge < -0.3 is 4.42 Å². The number of hydrogen-bond donors (Lipinski definition) is 0. The van der Waals surface area contributed by atoms with Gasteiger partial charge in [0.05, 0.1) is 4.90 Å². The van der Waals surface area contributed by atoms with Gasteiger partial charge in [0.1, 0.15) is 0 Å². The molecule has 148 valence electrons. The van der Waals surface area contributed by atoms with E-state index in [0.717, 1.165) is 10.0 Å². The Balaban J connectivity index is 1.78. The Kier molecular flexibility index (Phi) is 6.92. The molecule has 0 atom stereocenters. The van der Waals surface area contributed by atoms with Crippen molar-refractivity contribution in [2.45, 2.75) is 29.7 Å². The van der Waals surface area contributed by atoms with Crippen molar-refractivity contribution >= 4 is 37.7 Å². The molecule has 0 radical (unpaired) electrons. The van der Waals surface area contributed by atoms with Gasteiger partial charge in [0.2, 0.25) is 15.9 Å². The van der Waals surface area contributed by atoms with E-state index in [0.29, 0.717) is 35.5 Å². The second-order valence-corrected chi connectivity index (χ2v) is 9.69. The van der Waals surface area contributed by atoms with Crippen LogP contribution in [0.15, 0.2) is 67.5 Å². The van der Waals surface area contributed by atoms with E-state index in [1.54, 1.807) is 24.3 Å². The summed E-state index contributed by atoms with van der Waals surface area (Å²) in [4.78, 5) is 0.218. The van der Waals surface area contributed by atoms with Crippen LogP contribution in [0.3, 0.4) is 0 Å². The van der Waals surface area contributed by atoms with Crippen LogP contribution in [0, 0.1) is 0 Å². The number of benzene rings is 2. The fourth-order valence-corrected chi connectivity index (χ4v) is 5.32. The summed E-state index contributed by atoms with van der Waals surface area (Å²) in [6, 6.07) is 14.6. The molecule has 0 unspecified atom stereocenters. The van der Waals surface area contributed by atoms with Gasteiger partial charge in [-0.15, -0.1) is 10.2 Å². The van der Waals surface area contributed by atoms with Crippen LogP contribution in [0.5, 0.6) is 0 Å². The standard InChI is InChI=1S/C19H20BrN3O3S2/c1-3-23(4-2)28(24,25)17-10-6-8-15(12-17)18-21-22-19(26-18)27-13-14-7-5-9-16(20)11-14/h5-12H,3-4,13H2,1-2H3. The molecule has 0 amide bonds. The quantitative estimate of drug-likeness (QED) is 0.429. The first kappa shape index (κ1) is 21.0. The molecule has 0 saturated carbocycles. The number of thioether (sulfide) groups is 1. The second-order valence-electron chi connectivity index (χ2n) is 5.91. The SMILES string of the molecule is CCN(CC)S(=O)(=O)c1cccc(-c2nnc(SCc3cccc(Br)c3)o2)c1. The highest BCUT2D eigenvalue weighted by molar-refractivity contribution is 9.10. The maximum atomic E-state index is 12.7. The lowest BCUT2D eigenvalue weighted by Crippen LogP contribution is -2.30. The van der Waals surface area contributed by atoms with Gasteiger partial charge in [0.25, 0.3) is 5.22 Å². The van der Waals surface area contributed by atoms with E-state index in [2.05, 4.69) is 26.1 Å². The average Bonchev–Trinajstić information content (AvgIpc) is 3.16. The first-order chi connectivity index (χ1) is 13.4. The van der Waals surface area contributed by atoms with Gasteiger partial charge in [-0.05, 0) is 35.9 Å². The predicted octanol–water partition coefficient (Wildman–Crippen LogP) is 4.82. The van der Waals surface area contributed by atoms with Gasteiger partial charge in [-0.2, -0.15) is 4.31 Å². The Hall–Kier alpha value is -1.68. The fraction of sp³-hybridized carbons (Fsp3) is 0.263. The van der Waals surface area contributed by atoms with E-state index >= 15 is 0 Å². The molecular formula is C19H20BrN3O3S2. The van der Waals surface area contributed by atoms with Gasteiger partial charge >= 0.3 is 0 Å². The molecule has 3 rings (SSSR count). The first-order valence-electron chi connectivity index (χ1n) is 8.75. The van der Waals surface area contributed by atoms with Crippen LogP contribution in [0.2, 0.25) is 0 Å². The van der Waals surface area contributed by atoms with Crippen LogP contribution >= 0.6 is 27.7 Å². The molecule has 6 nitrogen and oxygen atoms in total. The lowest BCUT2D eigenvalue weighted by Gasteiger charge is -2.18. The summed E-state index contributed by atoms with van der Waals surface area (Å²) in [6.07, 6.45) is 0. The Bertz CT molecular complexity index is 1050. The lowest BCUT2D eigenvalue weighted by molar-refractivity contribution is 0.445. The van der Waals surface area contributed by atoms with E-state index in [4.69, 9.17) is 4.42 Å². The molecule has 0 aliphatic rings. The van der Waals surface area contributed by atoms with Gasteiger partial charge in [-0.1, -0.05) is 59.7 Å². The molecule has 28 heavy (non-hydrogen) atoms. The monoisotopic (exact) mass is 481 g/mol.